The zero-order chi connectivity index (χ0) is 13.6. The van der Waals surface area contributed by atoms with E-state index < -0.39 is 0 Å². The fraction of sp³-hybridized carbons (Fsp3) is 0.875. The van der Waals surface area contributed by atoms with Gasteiger partial charge in [-0.2, -0.15) is 0 Å². The lowest BCUT2D eigenvalue weighted by atomic mass is 9.82. The molecule has 1 aliphatic carbocycles. The summed E-state index contributed by atoms with van der Waals surface area (Å²) in [6, 6.07) is 0.404. The van der Waals surface area contributed by atoms with Crippen LogP contribution in [0.2, 0.25) is 0 Å². The third-order valence-electron chi connectivity index (χ3n) is 5.12. The highest BCUT2D eigenvalue weighted by atomic mass is 15.3. The van der Waals surface area contributed by atoms with Gasteiger partial charge in [-0.1, -0.05) is 19.3 Å². The van der Waals surface area contributed by atoms with Gasteiger partial charge in [0.15, 0.2) is 0 Å². The number of nitrogens with one attached hydrogen (secondary N) is 1. The van der Waals surface area contributed by atoms with Crippen molar-refractivity contribution >= 4 is 0 Å². The number of terminal acetylenes is 1. The Bertz CT molecular complexity index is 296. The Balaban J connectivity index is 2.05. The Labute approximate surface area is 118 Å². The summed E-state index contributed by atoms with van der Waals surface area (Å²) >= 11 is 0. The van der Waals surface area contributed by atoms with Crippen LogP contribution in [-0.2, 0) is 0 Å². The molecule has 19 heavy (non-hydrogen) atoms. The first kappa shape index (κ1) is 14.8. The SMILES string of the molecule is C#CCCCC(NN)C1(N2CCCCC2)CCCC1. The number of rotatable bonds is 6. The Morgan fingerprint density at radius 3 is 2.42 bits per heavy atom. The Kier molecular flexibility index (Phi) is 5.69. The van der Waals surface area contributed by atoms with Crippen LogP contribution >= 0.6 is 0 Å². The van der Waals surface area contributed by atoms with E-state index in [1.807, 2.05) is 0 Å². The second-order valence-electron chi connectivity index (χ2n) is 6.17. The van der Waals surface area contributed by atoms with Gasteiger partial charge < -0.3 is 0 Å². The zero-order valence-electron chi connectivity index (χ0n) is 12.2. The van der Waals surface area contributed by atoms with Gasteiger partial charge in [0.25, 0.3) is 0 Å². The molecule has 1 unspecified atom stereocenters. The number of nitrogens with two attached hydrogens (primary N) is 1. The monoisotopic (exact) mass is 263 g/mol. The van der Waals surface area contributed by atoms with E-state index in [0.29, 0.717) is 11.6 Å². The fourth-order valence-electron chi connectivity index (χ4n) is 4.13. The first-order valence-corrected chi connectivity index (χ1v) is 7.98. The number of unbranched alkanes of at least 4 members (excludes halogenated alkanes) is 1. The van der Waals surface area contributed by atoms with Crippen molar-refractivity contribution in [2.45, 2.75) is 75.8 Å². The third kappa shape index (κ3) is 3.31. The van der Waals surface area contributed by atoms with Gasteiger partial charge >= 0.3 is 0 Å². The number of hydrogen-bond acceptors (Lipinski definition) is 3. The third-order valence-corrected chi connectivity index (χ3v) is 5.12. The highest BCUT2D eigenvalue weighted by molar-refractivity contribution is 5.04. The van der Waals surface area contributed by atoms with Gasteiger partial charge in [-0.3, -0.25) is 16.2 Å². The lowest BCUT2D eigenvalue weighted by Gasteiger charge is -2.48. The average molecular weight is 263 g/mol. The Hall–Kier alpha value is -0.560. The predicted octanol–water partition coefficient (Wildman–Crippen LogP) is 2.42. The van der Waals surface area contributed by atoms with Crippen LogP contribution in [0.1, 0.15) is 64.2 Å². The van der Waals surface area contributed by atoms with Gasteiger partial charge in [0.05, 0.1) is 0 Å². The van der Waals surface area contributed by atoms with Crippen molar-refractivity contribution in [3.63, 3.8) is 0 Å². The quantitative estimate of drug-likeness (QED) is 0.335. The summed E-state index contributed by atoms with van der Waals surface area (Å²) < 4.78 is 0. The summed E-state index contributed by atoms with van der Waals surface area (Å²) in [5.41, 5.74) is 3.44. The van der Waals surface area contributed by atoms with Crippen molar-refractivity contribution in [3.05, 3.63) is 0 Å². The highest BCUT2D eigenvalue weighted by Gasteiger charge is 2.45. The number of piperidine rings is 1. The van der Waals surface area contributed by atoms with E-state index in [-0.39, 0.29) is 0 Å². The molecule has 0 aromatic heterocycles. The largest absolute Gasteiger partial charge is 0.296 e. The molecule has 0 spiro atoms. The number of hydrogen-bond donors (Lipinski definition) is 2. The molecule has 0 aromatic rings. The minimum atomic E-state index is 0.309. The molecule has 1 saturated carbocycles. The minimum Gasteiger partial charge on any atom is -0.296 e. The van der Waals surface area contributed by atoms with E-state index in [4.69, 9.17) is 12.3 Å². The minimum absolute atomic E-state index is 0.309. The molecule has 0 aromatic carbocycles. The second-order valence-corrected chi connectivity index (χ2v) is 6.17. The van der Waals surface area contributed by atoms with Gasteiger partial charge in [-0.15, -0.1) is 12.3 Å². The number of hydrazine groups is 1. The van der Waals surface area contributed by atoms with Crippen molar-refractivity contribution in [1.82, 2.24) is 10.3 Å². The van der Waals surface area contributed by atoms with Crippen LogP contribution in [0.3, 0.4) is 0 Å². The van der Waals surface area contributed by atoms with Crippen molar-refractivity contribution in [1.29, 1.82) is 0 Å². The Morgan fingerprint density at radius 2 is 1.84 bits per heavy atom. The predicted molar refractivity (Wildman–Crippen MR) is 80.4 cm³/mol. The Morgan fingerprint density at radius 1 is 1.16 bits per heavy atom. The standard InChI is InChI=1S/C16H29N3/c1-2-3-5-10-15(18-17)16(11-6-7-12-16)19-13-8-4-9-14-19/h1,15,18H,3-14,17H2. The van der Waals surface area contributed by atoms with Crippen LogP contribution in [0.15, 0.2) is 0 Å². The van der Waals surface area contributed by atoms with E-state index in [2.05, 4.69) is 16.2 Å². The molecule has 2 rings (SSSR count). The molecule has 0 bridgehead atoms. The highest BCUT2D eigenvalue weighted by Crippen LogP contribution is 2.40. The van der Waals surface area contributed by atoms with E-state index in [1.54, 1.807) is 0 Å². The molecule has 1 heterocycles. The lowest BCUT2D eigenvalue weighted by Crippen LogP contribution is -2.62. The van der Waals surface area contributed by atoms with Crippen molar-refractivity contribution < 1.29 is 0 Å². The molecule has 108 valence electrons. The van der Waals surface area contributed by atoms with Crippen LogP contribution in [0.25, 0.3) is 0 Å². The topological polar surface area (TPSA) is 41.3 Å². The smallest absolute Gasteiger partial charge is 0.0395 e. The molecule has 2 aliphatic rings. The maximum atomic E-state index is 5.90. The summed E-state index contributed by atoms with van der Waals surface area (Å²) in [6.07, 6.45) is 17.8. The van der Waals surface area contributed by atoms with Gasteiger partial charge in [0, 0.05) is 18.0 Å². The van der Waals surface area contributed by atoms with E-state index in [1.165, 1.54) is 58.0 Å². The molecule has 3 heteroatoms. The average Bonchev–Trinajstić information content (AvgIpc) is 2.95. The first-order valence-electron chi connectivity index (χ1n) is 7.98. The molecule has 3 N–H and O–H groups in total. The van der Waals surface area contributed by atoms with Crippen molar-refractivity contribution in [2.24, 2.45) is 5.84 Å². The molecule has 0 radical (unpaired) electrons. The van der Waals surface area contributed by atoms with E-state index in [0.717, 1.165) is 19.3 Å². The van der Waals surface area contributed by atoms with E-state index in [9.17, 15) is 0 Å². The summed E-state index contributed by atoms with van der Waals surface area (Å²) in [7, 11) is 0. The molecule has 1 aliphatic heterocycles. The fourth-order valence-corrected chi connectivity index (χ4v) is 4.13. The molecule has 0 amide bonds. The molecular formula is C16H29N3. The maximum Gasteiger partial charge on any atom is 0.0395 e. The van der Waals surface area contributed by atoms with Crippen LogP contribution in [-0.4, -0.2) is 29.6 Å². The molecule has 2 fully saturated rings. The first-order chi connectivity index (χ1) is 9.33. The number of nitrogens with zero attached hydrogens (tertiary/aromatic N) is 1. The summed E-state index contributed by atoms with van der Waals surface area (Å²) in [4.78, 5) is 2.74. The molecule has 3 nitrogen and oxygen atoms in total. The molecule has 1 atom stereocenters. The van der Waals surface area contributed by atoms with Crippen molar-refractivity contribution in [3.8, 4) is 12.3 Å². The lowest BCUT2D eigenvalue weighted by molar-refractivity contribution is 0.0334. The van der Waals surface area contributed by atoms with Crippen LogP contribution in [0.5, 0.6) is 0 Å². The second kappa shape index (κ2) is 7.28. The van der Waals surface area contributed by atoms with Gasteiger partial charge in [0.2, 0.25) is 0 Å². The van der Waals surface area contributed by atoms with Crippen LogP contribution < -0.4 is 11.3 Å². The zero-order valence-corrected chi connectivity index (χ0v) is 12.2. The van der Waals surface area contributed by atoms with Gasteiger partial charge in [-0.05, 0) is 51.6 Å². The maximum absolute atomic E-state index is 5.90. The van der Waals surface area contributed by atoms with Gasteiger partial charge in [-0.25, -0.2) is 0 Å². The van der Waals surface area contributed by atoms with Gasteiger partial charge in [0.1, 0.15) is 0 Å². The van der Waals surface area contributed by atoms with E-state index >= 15 is 0 Å². The number of likely N-dealkylation sites (tertiary alicyclic amines) is 1. The van der Waals surface area contributed by atoms with Crippen molar-refractivity contribution in [2.75, 3.05) is 13.1 Å². The van der Waals surface area contributed by atoms with Crippen LogP contribution in [0.4, 0.5) is 0 Å². The summed E-state index contributed by atoms with van der Waals surface area (Å²) in [5.74, 6) is 8.65. The normalized spacial score (nSPS) is 25.1. The molecule has 1 saturated heterocycles. The molecular weight excluding hydrogens is 234 g/mol. The summed E-state index contributed by atoms with van der Waals surface area (Å²) in [6.45, 7) is 2.51. The van der Waals surface area contributed by atoms with Crippen LogP contribution in [0, 0.1) is 12.3 Å². The summed E-state index contributed by atoms with van der Waals surface area (Å²) in [5, 5.41) is 0.